The first-order chi connectivity index (χ1) is 17.7. The highest BCUT2D eigenvalue weighted by molar-refractivity contribution is 7.46. The lowest BCUT2D eigenvalue weighted by Crippen LogP contribution is -2.26. The molecule has 0 aromatic heterocycles. The lowest BCUT2D eigenvalue weighted by molar-refractivity contribution is -0.817. The van der Waals surface area contributed by atoms with Crippen molar-refractivity contribution in [2.45, 2.75) is 90.4 Å². The molecule has 37 heavy (non-hydrogen) atoms. The fourth-order valence-electron chi connectivity index (χ4n) is 3.73. The zero-order valence-corrected chi connectivity index (χ0v) is 24.5. The van der Waals surface area contributed by atoms with Crippen LogP contribution in [0.4, 0.5) is 0 Å². The van der Waals surface area contributed by atoms with Gasteiger partial charge in [0.05, 0.1) is 27.3 Å². The van der Waals surface area contributed by atoms with Crippen LogP contribution in [-0.2, 0) is 4.57 Å². The van der Waals surface area contributed by atoms with E-state index < -0.39 is 7.82 Å². The average Bonchev–Trinajstić information content (AvgIpc) is 2.84. The number of allylic oxidation sites excluding steroid dienone is 1. The van der Waals surface area contributed by atoms with Crippen LogP contribution in [0.1, 0.15) is 90.4 Å². The summed E-state index contributed by atoms with van der Waals surface area (Å²) in [5.74, 6) is 0.448. The molecule has 0 saturated heterocycles. The SMILES string of the molecule is CCCCCCCCCCCCCCC=C[N+](C)(C)C.O=P([O-])(Oc1ccccc1)Oc1ccccc1. The van der Waals surface area contributed by atoms with Crippen LogP contribution >= 0.6 is 7.82 Å². The third kappa shape index (κ3) is 20.6. The Morgan fingerprint density at radius 2 is 1.05 bits per heavy atom. The minimum Gasteiger partial charge on any atom is -0.736 e. The van der Waals surface area contributed by atoms with E-state index in [1.54, 1.807) is 60.7 Å². The second-order valence-electron chi connectivity index (χ2n) is 10.4. The second-order valence-corrected chi connectivity index (χ2v) is 11.7. The molecule has 2 aromatic carbocycles. The van der Waals surface area contributed by atoms with Gasteiger partial charge in [-0.15, -0.1) is 0 Å². The van der Waals surface area contributed by atoms with Gasteiger partial charge in [0.15, 0.2) is 0 Å². The van der Waals surface area contributed by atoms with Gasteiger partial charge in [0.2, 0.25) is 0 Å². The number of phosphoric acid groups is 1. The fourth-order valence-corrected chi connectivity index (χ4v) is 4.53. The number of benzene rings is 2. The summed E-state index contributed by atoms with van der Waals surface area (Å²) in [6.45, 7) is 2.29. The van der Waals surface area contributed by atoms with Crippen LogP contribution in [0, 0.1) is 0 Å². The summed E-state index contributed by atoms with van der Waals surface area (Å²) in [4.78, 5) is 11.6. The maximum absolute atomic E-state index is 11.6. The third-order valence-corrected chi connectivity index (χ3v) is 6.57. The number of unbranched alkanes of at least 4 members (excludes halogenated alkanes) is 12. The zero-order valence-electron chi connectivity index (χ0n) is 23.6. The van der Waals surface area contributed by atoms with E-state index >= 15 is 0 Å². The van der Waals surface area contributed by atoms with E-state index in [1.807, 2.05) is 0 Å². The van der Waals surface area contributed by atoms with Crippen molar-refractivity contribution in [2.75, 3.05) is 21.1 Å². The van der Waals surface area contributed by atoms with E-state index in [1.165, 1.54) is 83.5 Å². The molecular weight excluding hydrogens is 481 g/mol. The van der Waals surface area contributed by atoms with Gasteiger partial charge in [0, 0.05) is 0 Å². The molecule has 0 radical (unpaired) electrons. The third-order valence-electron chi connectivity index (χ3n) is 5.70. The van der Waals surface area contributed by atoms with Crippen molar-refractivity contribution in [1.29, 1.82) is 0 Å². The van der Waals surface area contributed by atoms with Crippen LogP contribution in [0.15, 0.2) is 72.9 Å². The van der Waals surface area contributed by atoms with Gasteiger partial charge in [-0.05, 0) is 43.2 Å². The normalized spacial score (nSPS) is 11.7. The Balaban J connectivity index is 0.000000373. The van der Waals surface area contributed by atoms with Crippen molar-refractivity contribution in [3.05, 3.63) is 72.9 Å². The number of para-hydroxylation sites is 2. The number of hydrogen-bond donors (Lipinski definition) is 0. The first-order valence-electron chi connectivity index (χ1n) is 14.0. The van der Waals surface area contributed by atoms with E-state index in [9.17, 15) is 9.46 Å². The van der Waals surface area contributed by atoms with E-state index in [-0.39, 0.29) is 11.5 Å². The molecule has 2 rings (SSSR count). The molecule has 0 spiro atoms. The van der Waals surface area contributed by atoms with E-state index in [4.69, 9.17) is 9.05 Å². The zero-order chi connectivity index (χ0) is 27.2. The van der Waals surface area contributed by atoms with Crippen LogP contribution in [-0.4, -0.2) is 25.6 Å². The Kier molecular flexibility index (Phi) is 17.8. The number of rotatable bonds is 18. The summed E-state index contributed by atoms with van der Waals surface area (Å²) in [7, 11) is 2.23. The lowest BCUT2D eigenvalue weighted by atomic mass is 10.0. The van der Waals surface area contributed by atoms with Crippen LogP contribution in [0.5, 0.6) is 11.5 Å². The maximum atomic E-state index is 11.6. The Hall–Kier alpha value is -2.07. The highest BCUT2D eigenvalue weighted by Crippen LogP contribution is 2.40. The van der Waals surface area contributed by atoms with Crippen LogP contribution in [0.3, 0.4) is 0 Å². The van der Waals surface area contributed by atoms with Gasteiger partial charge in [-0.25, -0.2) is 4.57 Å². The average molecular weight is 532 g/mol. The summed E-state index contributed by atoms with van der Waals surface area (Å²) >= 11 is 0. The molecule has 5 nitrogen and oxygen atoms in total. The minimum absolute atomic E-state index is 0.224. The molecule has 0 fully saturated rings. The lowest BCUT2D eigenvalue weighted by Gasteiger charge is -2.23. The summed E-state index contributed by atoms with van der Waals surface area (Å²) in [5.41, 5.74) is 0. The summed E-state index contributed by atoms with van der Waals surface area (Å²) < 4.78 is 22.1. The standard InChI is InChI=1S/C19H40N.C12H11O4P/c1-5-6-7-8-9-10-11-12-13-14-15-16-17-18-19-20(2,3)4;13-17(14,15-11-7-3-1-4-8-11)16-12-9-5-2-6-10-12/h18-19H,5-17H2,1-4H3;1-10H,(H,13,14)/q+1;/p-1. The predicted octanol–water partition coefficient (Wildman–Crippen LogP) is 8.91. The van der Waals surface area contributed by atoms with Crippen LogP contribution in [0.2, 0.25) is 0 Å². The van der Waals surface area contributed by atoms with Crippen molar-refractivity contribution in [2.24, 2.45) is 0 Å². The van der Waals surface area contributed by atoms with E-state index in [2.05, 4.69) is 40.3 Å². The van der Waals surface area contributed by atoms with Gasteiger partial charge >= 0.3 is 7.82 Å². The van der Waals surface area contributed by atoms with E-state index in [0.29, 0.717) is 0 Å². The molecule has 6 heteroatoms. The van der Waals surface area contributed by atoms with Gasteiger partial charge in [-0.2, -0.15) is 0 Å². The quantitative estimate of drug-likeness (QED) is 0.109. The Morgan fingerprint density at radius 1 is 0.676 bits per heavy atom. The van der Waals surface area contributed by atoms with Crippen molar-refractivity contribution < 1.29 is 23.0 Å². The molecule has 0 amide bonds. The maximum Gasteiger partial charge on any atom is 0.372 e. The summed E-state index contributed by atoms with van der Waals surface area (Å²) in [5, 5.41) is 0. The smallest absolute Gasteiger partial charge is 0.372 e. The highest BCUT2D eigenvalue weighted by atomic mass is 31.2. The number of phosphoric ester groups is 1. The van der Waals surface area contributed by atoms with Crippen molar-refractivity contribution in [3.63, 3.8) is 0 Å². The molecule has 208 valence electrons. The van der Waals surface area contributed by atoms with E-state index in [0.717, 1.165) is 4.48 Å². The molecular formula is C31H50NO4P. The first-order valence-corrected chi connectivity index (χ1v) is 15.5. The van der Waals surface area contributed by atoms with Gasteiger partial charge in [-0.3, -0.25) is 0 Å². The molecule has 0 unspecified atom stereocenters. The predicted molar refractivity (Wildman–Crippen MR) is 155 cm³/mol. The Morgan fingerprint density at radius 3 is 1.43 bits per heavy atom. The van der Waals surface area contributed by atoms with Crippen molar-refractivity contribution >= 4 is 7.82 Å². The topological polar surface area (TPSA) is 58.6 Å². The fraction of sp³-hybridized carbons (Fsp3) is 0.548. The van der Waals surface area contributed by atoms with Gasteiger partial charge in [-0.1, -0.05) is 114 Å². The minimum atomic E-state index is -4.39. The summed E-state index contributed by atoms with van der Waals surface area (Å²) in [6.07, 6.45) is 23.1. The highest BCUT2D eigenvalue weighted by Gasteiger charge is 2.12. The molecule has 0 saturated carbocycles. The molecule has 0 aliphatic heterocycles. The van der Waals surface area contributed by atoms with Crippen LogP contribution in [0.25, 0.3) is 0 Å². The summed E-state index contributed by atoms with van der Waals surface area (Å²) in [6, 6.07) is 16.4. The monoisotopic (exact) mass is 531 g/mol. The molecule has 0 aliphatic rings. The number of quaternary nitrogens is 1. The van der Waals surface area contributed by atoms with Crippen molar-refractivity contribution in [3.8, 4) is 11.5 Å². The number of hydrogen-bond acceptors (Lipinski definition) is 4. The second kappa shape index (κ2) is 20.0. The molecule has 0 aliphatic carbocycles. The van der Waals surface area contributed by atoms with Crippen LogP contribution < -0.4 is 13.9 Å². The molecule has 2 aromatic rings. The number of nitrogens with zero attached hydrogens (tertiary/aromatic N) is 1. The van der Waals surface area contributed by atoms with Gasteiger partial charge < -0.3 is 18.4 Å². The Labute approximate surface area is 226 Å². The Bertz CT molecular complexity index is 820. The van der Waals surface area contributed by atoms with Gasteiger partial charge in [0.1, 0.15) is 11.5 Å². The van der Waals surface area contributed by atoms with Crippen molar-refractivity contribution in [1.82, 2.24) is 0 Å². The first kappa shape index (κ1) is 33.0. The molecule has 0 atom stereocenters. The molecule has 0 heterocycles. The molecule has 0 bridgehead atoms. The molecule has 0 N–H and O–H groups in total. The largest absolute Gasteiger partial charge is 0.736 e. The van der Waals surface area contributed by atoms with Gasteiger partial charge in [0.25, 0.3) is 0 Å².